The summed E-state index contributed by atoms with van der Waals surface area (Å²) in [4.78, 5) is 29.1. The molecule has 118 valence electrons. The second-order valence-corrected chi connectivity index (χ2v) is 5.29. The summed E-state index contributed by atoms with van der Waals surface area (Å²) in [5.41, 5.74) is 2.38. The molecule has 0 unspecified atom stereocenters. The molecule has 0 saturated heterocycles. The molecule has 3 rings (SSSR count). The summed E-state index contributed by atoms with van der Waals surface area (Å²) in [6.45, 7) is 0.587. The van der Waals surface area contributed by atoms with E-state index in [4.69, 9.17) is 4.74 Å². The van der Waals surface area contributed by atoms with Crippen LogP contribution in [0, 0.1) is 0 Å². The number of pyridine rings is 1. The third kappa shape index (κ3) is 3.31. The maximum atomic E-state index is 12.0. The van der Waals surface area contributed by atoms with Gasteiger partial charge < -0.3 is 15.0 Å². The molecule has 0 radical (unpaired) electrons. The van der Waals surface area contributed by atoms with Crippen molar-refractivity contribution in [1.29, 1.82) is 0 Å². The topological polar surface area (TPSA) is 71.5 Å². The van der Waals surface area contributed by atoms with Crippen molar-refractivity contribution in [3.63, 3.8) is 0 Å². The van der Waals surface area contributed by atoms with Gasteiger partial charge in [-0.05, 0) is 36.2 Å². The van der Waals surface area contributed by atoms with E-state index >= 15 is 0 Å². The van der Waals surface area contributed by atoms with Crippen LogP contribution in [0.5, 0.6) is 5.75 Å². The molecule has 0 atom stereocenters. The van der Waals surface area contributed by atoms with Crippen LogP contribution in [-0.2, 0) is 11.2 Å². The van der Waals surface area contributed by atoms with Crippen molar-refractivity contribution in [2.45, 2.75) is 6.42 Å². The molecule has 0 fully saturated rings. The van der Waals surface area contributed by atoms with E-state index < -0.39 is 0 Å². The van der Waals surface area contributed by atoms with Crippen LogP contribution in [0.4, 0.5) is 5.69 Å². The molecule has 23 heavy (non-hydrogen) atoms. The van der Waals surface area contributed by atoms with Crippen LogP contribution in [0.15, 0.2) is 42.7 Å². The van der Waals surface area contributed by atoms with Gasteiger partial charge in [0.15, 0.2) is 6.61 Å². The number of nitrogens with zero attached hydrogens (tertiary/aromatic N) is 2. The summed E-state index contributed by atoms with van der Waals surface area (Å²) >= 11 is 0. The first kappa shape index (κ1) is 15.0. The SMILES string of the molecule is CN1C(=O)COc2ccc(CCNC(=O)c3ccncc3)cc21. The standard InChI is InChI=1S/C17H17N3O3/c1-20-14-10-12(2-3-15(14)23-11-16(20)21)4-9-19-17(22)13-5-7-18-8-6-13/h2-3,5-8,10H,4,9,11H2,1H3,(H,19,22). The number of amides is 2. The van der Waals surface area contributed by atoms with E-state index in [0.29, 0.717) is 24.3 Å². The average molecular weight is 311 g/mol. The van der Waals surface area contributed by atoms with Gasteiger partial charge >= 0.3 is 0 Å². The van der Waals surface area contributed by atoms with Gasteiger partial charge in [-0.2, -0.15) is 0 Å². The lowest BCUT2D eigenvalue weighted by molar-refractivity contribution is -0.120. The van der Waals surface area contributed by atoms with Crippen molar-refractivity contribution in [1.82, 2.24) is 10.3 Å². The molecule has 0 spiro atoms. The molecule has 0 bridgehead atoms. The van der Waals surface area contributed by atoms with Crippen LogP contribution in [-0.4, -0.2) is 37.0 Å². The summed E-state index contributed by atoms with van der Waals surface area (Å²) in [7, 11) is 1.73. The van der Waals surface area contributed by atoms with Crippen LogP contribution in [0.2, 0.25) is 0 Å². The first-order valence-electron chi connectivity index (χ1n) is 7.35. The predicted molar refractivity (Wildman–Crippen MR) is 85.6 cm³/mol. The number of likely N-dealkylation sites (N-methyl/N-ethyl adjacent to an activating group) is 1. The lowest BCUT2D eigenvalue weighted by Crippen LogP contribution is -2.35. The number of nitrogens with one attached hydrogen (secondary N) is 1. The molecule has 0 saturated carbocycles. The molecular formula is C17H17N3O3. The van der Waals surface area contributed by atoms with Gasteiger partial charge in [0.25, 0.3) is 11.8 Å². The Balaban J connectivity index is 1.61. The third-order valence-electron chi connectivity index (χ3n) is 3.75. The summed E-state index contributed by atoms with van der Waals surface area (Å²) in [6.07, 6.45) is 3.85. The highest BCUT2D eigenvalue weighted by atomic mass is 16.5. The Hall–Kier alpha value is -2.89. The number of rotatable bonds is 4. The Morgan fingerprint density at radius 1 is 1.30 bits per heavy atom. The van der Waals surface area contributed by atoms with Crippen molar-refractivity contribution in [2.24, 2.45) is 0 Å². The first-order chi connectivity index (χ1) is 11.1. The van der Waals surface area contributed by atoms with Crippen molar-refractivity contribution in [3.8, 4) is 5.75 Å². The quantitative estimate of drug-likeness (QED) is 0.927. The van der Waals surface area contributed by atoms with Crippen LogP contribution < -0.4 is 15.0 Å². The monoisotopic (exact) mass is 311 g/mol. The summed E-state index contributed by atoms with van der Waals surface area (Å²) < 4.78 is 5.39. The van der Waals surface area contributed by atoms with Crippen LogP contribution in [0.25, 0.3) is 0 Å². The normalized spacial score (nSPS) is 13.3. The summed E-state index contributed by atoms with van der Waals surface area (Å²) in [6, 6.07) is 9.07. The number of hydrogen-bond donors (Lipinski definition) is 1. The Morgan fingerprint density at radius 2 is 2.09 bits per heavy atom. The lowest BCUT2D eigenvalue weighted by atomic mass is 10.1. The molecular weight excluding hydrogens is 294 g/mol. The third-order valence-corrected chi connectivity index (χ3v) is 3.75. The van der Waals surface area contributed by atoms with Gasteiger partial charge in [0.1, 0.15) is 5.75 Å². The Labute approximate surface area is 134 Å². The van der Waals surface area contributed by atoms with Crippen molar-refractivity contribution >= 4 is 17.5 Å². The molecule has 6 heteroatoms. The zero-order chi connectivity index (χ0) is 16.2. The van der Waals surface area contributed by atoms with Gasteiger partial charge in [-0.3, -0.25) is 14.6 Å². The van der Waals surface area contributed by atoms with Gasteiger partial charge in [0.2, 0.25) is 0 Å². The van der Waals surface area contributed by atoms with Gasteiger partial charge in [0.05, 0.1) is 5.69 Å². The Bertz CT molecular complexity index is 731. The van der Waals surface area contributed by atoms with E-state index in [2.05, 4.69) is 10.3 Å². The average Bonchev–Trinajstić information content (AvgIpc) is 2.59. The van der Waals surface area contributed by atoms with Gasteiger partial charge in [-0.25, -0.2) is 0 Å². The zero-order valence-electron chi connectivity index (χ0n) is 12.8. The van der Waals surface area contributed by atoms with Crippen LogP contribution in [0.1, 0.15) is 15.9 Å². The van der Waals surface area contributed by atoms with Crippen LogP contribution >= 0.6 is 0 Å². The number of aromatic nitrogens is 1. The minimum Gasteiger partial charge on any atom is -0.482 e. The molecule has 2 heterocycles. The van der Waals surface area contributed by atoms with Gasteiger partial charge in [-0.15, -0.1) is 0 Å². The highest BCUT2D eigenvalue weighted by Gasteiger charge is 2.22. The molecule has 1 aliphatic heterocycles. The minimum atomic E-state index is -0.124. The first-order valence-corrected chi connectivity index (χ1v) is 7.35. The minimum absolute atomic E-state index is 0.0689. The van der Waals surface area contributed by atoms with E-state index in [1.54, 1.807) is 36.5 Å². The summed E-state index contributed by atoms with van der Waals surface area (Å²) in [5.74, 6) is 0.512. The molecule has 6 nitrogen and oxygen atoms in total. The molecule has 1 aromatic carbocycles. The number of anilines is 1. The predicted octanol–water partition coefficient (Wildman–Crippen LogP) is 1.41. The van der Waals surface area contributed by atoms with Crippen molar-refractivity contribution in [2.75, 3.05) is 25.1 Å². The van der Waals surface area contributed by atoms with E-state index in [-0.39, 0.29) is 18.4 Å². The van der Waals surface area contributed by atoms with E-state index in [0.717, 1.165) is 11.3 Å². The molecule has 0 aliphatic carbocycles. The fourth-order valence-corrected chi connectivity index (χ4v) is 2.40. The fraction of sp³-hybridized carbons (Fsp3) is 0.235. The van der Waals surface area contributed by atoms with Gasteiger partial charge in [-0.1, -0.05) is 6.07 Å². The van der Waals surface area contributed by atoms with Crippen molar-refractivity contribution in [3.05, 3.63) is 53.9 Å². The molecule has 1 aliphatic rings. The fourth-order valence-electron chi connectivity index (χ4n) is 2.40. The molecule has 1 aromatic heterocycles. The molecule has 2 amide bonds. The Morgan fingerprint density at radius 3 is 2.87 bits per heavy atom. The number of ether oxygens (including phenoxy) is 1. The second-order valence-electron chi connectivity index (χ2n) is 5.29. The Kier molecular flexibility index (Phi) is 4.23. The smallest absolute Gasteiger partial charge is 0.264 e. The van der Waals surface area contributed by atoms with Gasteiger partial charge in [0, 0.05) is 31.5 Å². The summed E-state index contributed by atoms with van der Waals surface area (Å²) in [5, 5.41) is 2.87. The van der Waals surface area contributed by atoms with Crippen LogP contribution in [0.3, 0.4) is 0 Å². The highest BCUT2D eigenvalue weighted by molar-refractivity contribution is 5.97. The lowest BCUT2D eigenvalue weighted by Gasteiger charge is -2.26. The number of fused-ring (bicyclic) bond motifs is 1. The molecule has 2 aromatic rings. The van der Waals surface area contributed by atoms with Crippen molar-refractivity contribution < 1.29 is 14.3 Å². The zero-order valence-corrected chi connectivity index (χ0v) is 12.8. The van der Waals surface area contributed by atoms with E-state index in [1.165, 1.54) is 0 Å². The van der Waals surface area contributed by atoms with E-state index in [1.807, 2.05) is 18.2 Å². The number of benzene rings is 1. The maximum Gasteiger partial charge on any atom is 0.264 e. The number of carbonyl (C=O) groups excluding carboxylic acids is 2. The highest BCUT2D eigenvalue weighted by Crippen LogP contribution is 2.31. The maximum absolute atomic E-state index is 12.0. The number of hydrogen-bond acceptors (Lipinski definition) is 4. The second kappa shape index (κ2) is 6.48. The number of carbonyl (C=O) groups is 2. The molecule has 1 N–H and O–H groups in total. The van der Waals surface area contributed by atoms with E-state index in [9.17, 15) is 9.59 Å². The largest absolute Gasteiger partial charge is 0.482 e.